The van der Waals surface area contributed by atoms with E-state index >= 15 is 0 Å². The molecule has 0 amide bonds. The minimum Gasteiger partial charge on any atom is -0.384 e. The lowest BCUT2D eigenvalue weighted by Gasteiger charge is -2.09. The Balaban J connectivity index is 2.27. The average Bonchev–Trinajstić information content (AvgIpc) is 2.32. The fourth-order valence-electron chi connectivity index (χ4n) is 1.50. The zero-order valence-electron chi connectivity index (χ0n) is 10.2. The van der Waals surface area contributed by atoms with Gasteiger partial charge in [-0.3, -0.25) is 0 Å². The van der Waals surface area contributed by atoms with Crippen molar-refractivity contribution in [3.63, 3.8) is 0 Å². The zero-order chi connectivity index (χ0) is 13.8. The van der Waals surface area contributed by atoms with E-state index in [1.807, 2.05) is 0 Å². The summed E-state index contributed by atoms with van der Waals surface area (Å²) in [5, 5.41) is 3.14. The molecule has 0 bridgehead atoms. The summed E-state index contributed by atoms with van der Waals surface area (Å²) in [5.41, 5.74) is 5.90. The summed E-state index contributed by atoms with van der Waals surface area (Å²) >= 11 is 5.68. The molecule has 5 nitrogen and oxygen atoms in total. The van der Waals surface area contributed by atoms with Crippen LogP contribution in [0.3, 0.4) is 0 Å². The van der Waals surface area contributed by atoms with Crippen LogP contribution in [0.1, 0.15) is 5.82 Å². The lowest BCUT2D eigenvalue weighted by atomic mass is 10.3. The molecule has 7 heteroatoms. The quantitative estimate of drug-likeness (QED) is 0.902. The van der Waals surface area contributed by atoms with Gasteiger partial charge in [0.05, 0.1) is 5.69 Å². The van der Waals surface area contributed by atoms with Gasteiger partial charge < -0.3 is 15.8 Å². The normalized spacial score (nSPS) is 10.5. The highest BCUT2D eigenvalue weighted by molar-refractivity contribution is 6.30. The van der Waals surface area contributed by atoms with E-state index in [1.165, 1.54) is 25.3 Å². The second kappa shape index (κ2) is 5.81. The third-order valence-electron chi connectivity index (χ3n) is 2.26. The number of halogens is 2. The maximum absolute atomic E-state index is 13.6. The van der Waals surface area contributed by atoms with Crippen LogP contribution in [0.4, 0.5) is 21.7 Å². The zero-order valence-corrected chi connectivity index (χ0v) is 10.9. The first kappa shape index (κ1) is 13.5. The lowest BCUT2D eigenvalue weighted by molar-refractivity contribution is 0.178. The molecule has 1 aromatic carbocycles. The number of benzene rings is 1. The highest BCUT2D eigenvalue weighted by Gasteiger charge is 2.07. The van der Waals surface area contributed by atoms with E-state index in [0.717, 1.165) is 0 Å². The summed E-state index contributed by atoms with van der Waals surface area (Å²) in [6.45, 7) is 0.225. The molecule has 0 spiro atoms. The van der Waals surface area contributed by atoms with E-state index in [1.54, 1.807) is 6.07 Å². The van der Waals surface area contributed by atoms with E-state index in [2.05, 4.69) is 15.3 Å². The molecule has 0 saturated carbocycles. The maximum atomic E-state index is 13.6. The molecule has 0 radical (unpaired) electrons. The van der Waals surface area contributed by atoms with Gasteiger partial charge in [-0.2, -0.15) is 0 Å². The number of hydrogen-bond acceptors (Lipinski definition) is 5. The molecule has 2 aromatic rings. The Morgan fingerprint density at radius 1 is 1.37 bits per heavy atom. The standard InChI is InChI=1S/C12H12ClFN4O/c1-19-6-12-17-10(15)5-11(18-12)16-9-3-2-7(13)4-8(9)14/h2-5H,6H2,1H3,(H3,15,16,17,18). The molecular formula is C12H12ClFN4O. The van der Waals surface area contributed by atoms with Crippen LogP contribution in [-0.4, -0.2) is 17.1 Å². The first-order valence-electron chi connectivity index (χ1n) is 5.43. The Morgan fingerprint density at radius 3 is 2.84 bits per heavy atom. The van der Waals surface area contributed by atoms with Gasteiger partial charge in [-0.1, -0.05) is 11.6 Å². The second-order valence-corrected chi connectivity index (χ2v) is 4.21. The molecule has 0 aliphatic carbocycles. The molecule has 2 rings (SSSR count). The molecule has 1 aromatic heterocycles. The summed E-state index contributed by atoms with van der Waals surface area (Å²) < 4.78 is 18.6. The number of aromatic nitrogens is 2. The van der Waals surface area contributed by atoms with Crippen molar-refractivity contribution in [2.24, 2.45) is 0 Å². The van der Waals surface area contributed by atoms with Gasteiger partial charge >= 0.3 is 0 Å². The van der Waals surface area contributed by atoms with Crippen LogP contribution in [0, 0.1) is 5.82 Å². The minimum absolute atomic E-state index is 0.225. The van der Waals surface area contributed by atoms with Crippen molar-refractivity contribution in [1.29, 1.82) is 0 Å². The predicted octanol–water partition coefficient (Wildman–Crippen LogP) is 2.74. The molecule has 0 saturated heterocycles. The fraction of sp³-hybridized carbons (Fsp3) is 0.167. The molecule has 1 heterocycles. The Bertz CT molecular complexity index is 594. The summed E-state index contributed by atoms with van der Waals surface area (Å²) in [5.74, 6) is 0.608. The number of anilines is 3. The van der Waals surface area contributed by atoms with Gasteiger partial charge in [0.25, 0.3) is 0 Å². The summed E-state index contributed by atoms with van der Waals surface area (Å²) in [7, 11) is 1.53. The van der Waals surface area contributed by atoms with Crippen LogP contribution in [-0.2, 0) is 11.3 Å². The van der Waals surface area contributed by atoms with Crippen molar-refractivity contribution in [1.82, 2.24) is 9.97 Å². The third-order valence-corrected chi connectivity index (χ3v) is 2.49. The predicted molar refractivity (Wildman–Crippen MR) is 71.9 cm³/mol. The molecule has 0 unspecified atom stereocenters. The number of methoxy groups -OCH3 is 1. The average molecular weight is 283 g/mol. The molecule has 0 atom stereocenters. The van der Waals surface area contributed by atoms with Crippen LogP contribution in [0.15, 0.2) is 24.3 Å². The van der Waals surface area contributed by atoms with Crippen molar-refractivity contribution >= 4 is 28.9 Å². The summed E-state index contributed by atoms with van der Waals surface area (Å²) in [4.78, 5) is 8.14. The topological polar surface area (TPSA) is 73.1 Å². The Morgan fingerprint density at radius 2 is 2.16 bits per heavy atom. The highest BCUT2D eigenvalue weighted by atomic mass is 35.5. The largest absolute Gasteiger partial charge is 0.384 e. The molecular weight excluding hydrogens is 271 g/mol. The number of ether oxygens (including phenoxy) is 1. The van der Waals surface area contributed by atoms with E-state index < -0.39 is 5.82 Å². The number of nitrogens with zero attached hydrogens (tertiary/aromatic N) is 2. The number of nitrogen functional groups attached to an aromatic ring is 1. The van der Waals surface area contributed by atoms with Crippen LogP contribution < -0.4 is 11.1 Å². The SMILES string of the molecule is COCc1nc(N)cc(Nc2ccc(Cl)cc2F)n1. The van der Waals surface area contributed by atoms with Gasteiger partial charge in [0, 0.05) is 18.2 Å². The smallest absolute Gasteiger partial charge is 0.158 e. The maximum Gasteiger partial charge on any atom is 0.158 e. The van der Waals surface area contributed by atoms with E-state index in [4.69, 9.17) is 22.1 Å². The molecule has 19 heavy (non-hydrogen) atoms. The van der Waals surface area contributed by atoms with Gasteiger partial charge in [0.1, 0.15) is 24.1 Å². The Labute approximate surface area is 114 Å². The minimum atomic E-state index is -0.474. The van der Waals surface area contributed by atoms with Gasteiger partial charge in [-0.25, -0.2) is 14.4 Å². The van der Waals surface area contributed by atoms with Crippen molar-refractivity contribution in [2.75, 3.05) is 18.2 Å². The monoisotopic (exact) mass is 282 g/mol. The van der Waals surface area contributed by atoms with Gasteiger partial charge in [-0.15, -0.1) is 0 Å². The first-order valence-corrected chi connectivity index (χ1v) is 5.80. The van der Waals surface area contributed by atoms with Crippen LogP contribution in [0.2, 0.25) is 5.02 Å². The van der Waals surface area contributed by atoms with E-state index in [-0.39, 0.29) is 18.1 Å². The van der Waals surface area contributed by atoms with Crippen molar-refractivity contribution in [3.8, 4) is 0 Å². The van der Waals surface area contributed by atoms with Crippen molar-refractivity contribution in [3.05, 3.63) is 40.9 Å². The van der Waals surface area contributed by atoms with Crippen LogP contribution in [0.25, 0.3) is 0 Å². The summed E-state index contributed by atoms with van der Waals surface area (Å²) in [6, 6.07) is 5.82. The van der Waals surface area contributed by atoms with E-state index in [9.17, 15) is 4.39 Å². The van der Waals surface area contributed by atoms with Crippen molar-refractivity contribution < 1.29 is 9.13 Å². The fourth-order valence-corrected chi connectivity index (χ4v) is 1.66. The van der Waals surface area contributed by atoms with Gasteiger partial charge in [-0.05, 0) is 18.2 Å². The van der Waals surface area contributed by atoms with Gasteiger partial charge in [0.15, 0.2) is 5.82 Å². The molecule has 0 aliphatic heterocycles. The molecule has 0 fully saturated rings. The first-order chi connectivity index (χ1) is 9.08. The van der Waals surface area contributed by atoms with Gasteiger partial charge in [0.2, 0.25) is 0 Å². The Kier molecular flexibility index (Phi) is 4.13. The van der Waals surface area contributed by atoms with E-state index in [0.29, 0.717) is 16.7 Å². The molecule has 3 N–H and O–H groups in total. The van der Waals surface area contributed by atoms with Crippen molar-refractivity contribution in [2.45, 2.75) is 6.61 Å². The molecule has 0 aliphatic rings. The number of rotatable bonds is 4. The second-order valence-electron chi connectivity index (χ2n) is 3.78. The molecule has 100 valence electrons. The number of nitrogens with two attached hydrogens (primary N) is 1. The Hall–Kier alpha value is -1.92. The number of nitrogens with one attached hydrogen (secondary N) is 1. The van der Waals surface area contributed by atoms with Crippen LogP contribution in [0.5, 0.6) is 0 Å². The number of hydrogen-bond donors (Lipinski definition) is 2. The lowest BCUT2D eigenvalue weighted by Crippen LogP contribution is -2.05. The third kappa shape index (κ3) is 3.52. The summed E-state index contributed by atoms with van der Waals surface area (Å²) in [6.07, 6.45) is 0. The highest BCUT2D eigenvalue weighted by Crippen LogP contribution is 2.22. The van der Waals surface area contributed by atoms with Crippen LogP contribution >= 0.6 is 11.6 Å².